The van der Waals surface area contributed by atoms with Crippen molar-refractivity contribution in [3.8, 4) is 18.2 Å². The Balaban J connectivity index is 1.89. The van der Waals surface area contributed by atoms with Crippen LogP contribution in [0.2, 0.25) is 0 Å². The van der Waals surface area contributed by atoms with Gasteiger partial charge in [-0.15, -0.1) is 0 Å². The van der Waals surface area contributed by atoms with Gasteiger partial charge in [0.2, 0.25) is 11.7 Å². The van der Waals surface area contributed by atoms with Crippen LogP contribution in [0, 0.1) is 56.2 Å². The molecule has 6 nitrogen and oxygen atoms in total. The second kappa shape index (κ2) is 5.56. The minimum Gasteiger partial charge on any atom is -0.447 e. The van der Waals surface area contributed by atoms with E-state index >= 15 is 0 Å². The summed E-state index contributed by atoms with van der Waals surface area (Å²) in [7, 11) is 0. The van der Waals surface area contributed by atoms with Crippen LogP contribution in [-0.2, 0) is 15.9 Å². The molecule has 1 aliphatic carbocycles. The van der Waals surface area contributed by atoms with Crippen LogP contribution in [0.15, 0.2) is 30.3 Å². The summed E-state index contributed by atoms with van der Waals surface area (Å²) < 4.78 is 12.1. The smallest absolute Gasteiger partial charge is 0.217 e. The summed E-state index contributed by atoms with van der Waals surface area (Å²) in [5, 5.41) is 38.7. The molecule has 3 aliphatic rings. The van der Waals surface area contributed by atoms with E-state index in [4.69, 9.17) is 14.9 Å². The third kappa shape index (κ3) is 1.79. The van der Waals surface area contributed by atoms with Gasteiger partial charge in [-0.2, -0.15) is 15.8 Å². The molecule has 0 amide bonds. The van der Waals surface area contributed by atoms with E-state index in [-0.39, 0.29) is 5.90 Å². The Hall–Kier alpha value is -2.88. The van der Waals surface area contributed by atoms with Crippen LogP contribution >= 0.6 is 0 Å². The van der Waals surface area contributed by atoms with E-state index in [1.54, 1.807) is 0 Å². The van der Waals surface area contributed by atoms with Crippen molar-refractivity contribution in [2.24, 2.45) is 16.7 Å². The molecule has 2 aliphatic heterocycles. The van der Waals surface area contributed by atoms with Gasteiger partial charge in [0.15, 0.2) is 10.8 Å². The van der Waals surface area contributed by atoms with Crippen molar-refractivity contribution in [3.63, 3.8) is 0 Å². The van der Waals surface area contributed by atoms with Crippen LogP contribution in [0.5, 0.6) is 0 Å². The molecule has 1 aromatic rings. The predicted octanol–water partition coefficient (Wildman–Crippen LogP) is 3.07. The highest BCUT2D eigenvalue weighted by molar-refractivity contribution is 5.89. The van der Waals surface area contributed by atoms with Crippen molar-refractivity contribution >= 4 is 5.90 Å². The maximum Gasteiger partial charge on any atom is 0.217 e. The minimum atomic E-state index is -1.78. The zero-order valence-corrected chi connectivity index (χ0v) is 14.2. The normalized spacial score (nSPS) is 36.7. The first-order valence-electron chi connectivity index (χ1n) is 8.82. The molecule has 0 radical (unpaired) electrons. The van der Waals surface area contributed by atoms with Gasteiger partial charge in [0.25, 0.3) is 0 Å². The summed E-state index contributed by atoms with van der Waals surface area (Å²) in [6.45, 7) is 0. The van der Waals surface area contributed by atoms with Crippen molar-refractivity contribution in [2.45, 2.75) is 44.0 Å². The first-order chi connectivity index (χ1) is 12.6. The first-order valence-corrected chi connectivity index (χ1v) is 8.82. The molecule has 2 saturated heterocycles. The van der Waals surface area contributed by atoms with Crippen LogP contribution in [0.4, 0.5) is 0 Å². The van der Waals surface area contributed by atoms with E-state index in [1.165, 1.54) is 0 Å². The molecular formula is C20H18N4O2. The maximum atomic E-state index is 10.1. The van der Waals surface area contributed by atoms with Crippen LogP contribution < -0.4 is 0 Å². The van der Waals surface area contributed by atoms with Crippen LogP contribution in [0.25, 0.3) is 0 Å². The second-order valence-corrected chi connectivity index (χ2v) is 7.29. The van der Waals surface area contributed by atoms with Crippen LogP contribution in [0.3, 0.4) is 0 Å². The maximum absolute atomic E-state index is 10.1. The first kappa shape index (κ1) is 16.6. The third-order valence-electron chi connectivity index (χ3n) is 6.19. The monoisotopic (exact) mass is 346 g/mol. The molecule has 1 aromatic carbocycles. The van der Waals surface area contributed by atoms with Gasteiger partial charge in [-0.25, -0.2) is 0 Å². The highest BCUT2D eigenvalue weighted by Crippen LogP contribution is 2.66. The summed E-state index contributed by atoms with van der Waals surface area (Å²) in [5.41, 5.74) is -2.46. The quantitative estimate of drug-likeness (QED) is 0.884. The number of hydrogen-bond acceptors (Lipinski definition) is 6. The number of nitrogens with zero attached hydrogens (tertiary/aromatic N) is 3. The molecule has 4 rings (SSSR count). The number of benzene rings is 1. The summed E-state index contributed by atoms with van der Waals surface area (Å²) in [5.74, 6) is -1.82. The van der Waals surface area contributed by atoms with E-state index in [1.807, 2.05) is 30.3 Å². The fraction of sp³-hybridized carbons (Fsp3) is 0.500. The summed E-state index contributed by atoms with van der Waals surface area (Å²) in [4.78, 5) is 0. The summed E-state index contributed by atoms with van der Waals surface area (Å²) in [6, 6.07) is 15.8. The van der Waals surface area contributed by atoms with Crippen molar-refractivity contribution in [1.82, 2.24) is 0 Å². The van der Waals surface area contributed by atoms with Crippen LogP contribution in [-0.4, -0.2) is 17.8 Å². The molecule has 2 heterocycles. The number of nitriles is 3. The van der Waals surface area contributed by atoms with Gasteiger partial charge in [0.05, 0.1) is 24.1 Å². The number of nitrogens with one attached hydrogen (secondary N) is 1. The molecule has 2 bridgehead atoms. The molecule has 3 fully saturated rings. The lowest BCUT2D eigenvalue weighted by Gasteiger charge is -2.51. The van der Waals surface area contributed by atoms with Gasteiger partial charge in [-0.05, 0) is 18.4 Å². The van der Waals surface area contributed by atoms with Gasteiger partial charge >= 0.3 is 0 Å². The van der Waals surface area contributed by atoms with E-state index in [9.17, 15) is 15.8 Å². The topological polar surface area (TPSA) is 114 Å². The lowest BCUT2D eigenvalue weighted by molar-refractivity contribution is -0.291. The Kier molecular flexibility index (Phi) is 3.55. The zero-order valence-electron chi connectivity index (χ0n) is 14.2. The lowest BCUT2D eigenvalue weighted by Crippen LogP contribution is -2.63. The number of hydrogen-bond donors (Lipinski definition) is 1. The van der Waals surface area contributed by atoms with E-state index in [0.29, 0.717) is 19.3 Å². The highest BCUT2D eigenvalue weighted by Gasteiger charge is 2.80. The molecule has 0 unspecified atom stereocenters. The zero-order chi connectivity index (χ0) is 18.4. The molecule has 0 spiro atoms. The Labute approximate surface area is 152 Å². The largest absolute Gasteiger partial charge is 0.447 e. The molecule has 26 heavy (non-hydrogen) atoms. The standard InChI is InChI=1S/C20H18N4O2/c21-11-18(12-22)16(10-14-6-2-1-3-7-14)25-20-9-5-4-8-15(20)19(18,13-23)17(24)26-20/h1-3,6-7,15-16,24H,4-5,8-10H2/t15-,16-,19+,20+/m0/s1. The SMILES string of the molecule is N#CC1(C#N)[C@H](Cc2ccccc2)O[C@@]23CCCC[C@H]2[C@]1(C#N)C(=N)O3. The third-order valence-corrected chi connectivity index (χ3v) is 6.19. The van der Waals surface area contributed by atoms with Gasteiger partial charge in [-0.1, -0.05) is 36.8 Å². The fourth-order valence-corrected chi connectivity index (χ4v) is 4.98. The fourth-order valence-electron chi connectivity index (χ4n) is 4.98. The van der Waals surface area contributed by atoms with Gasteiger partial charge in [-0.3, -0.25) is 5.41 Å². The van der Waals surface area contributed by atoms with E-state index in [2.05, 4.69) is 18.2 Å². The summed E-state index contributed by atoms with van der Waals surface area (Å²) >= 11 is 0. The van der Waals surface area contributed by atoms with Crippen molar-refractivity contribution in [1.29, 1.82) is 21.2 Å². The van der Waals surface area contributed by atoms with E-state index < -0.39 is 28.6 Å². The molecule has 0 aromatic heterocycles. The van der Waals surface area contributed by atoms with Crippen molar-refractivity contribution < 1.29 is 9.47 Å². The molecule has 130 valence electrons. The average molecular weight is 346 g/mol. The average Bonchev–Trinajstić information content (AvgIpc) is 2.88. The molecular weight excluding hydrogens is 328 g/mol. The predicted molar refractivity (Wildman–Crippen MR) is 90.2 cm³/mol. The van der Waals surface area contributed by atoms with Crippen molar-refractivity contribution in [3.05, 3.63) is 35.9 Å². The molecule has 4 atom stereocenters. The molecule has 1 saturated carbocycles. The van der Waals surface area contributed by atoms with Gasteiger partial charge in [0.1, 0.15) is 6.10 Å². The van der Waals surface area contributed by atoms with Gasteiger partial charge < -0.3 is 9.47 Å². The number of rotatable bonds is 2. The Morgan fingerprint density at radius 3 is 2.46 bits per heavy atom. The van der Waals surface area contributed by atoms with Crippen molar-refractivity contribution in [2.75, 3.05) is 0 Å². The van der Waals surface area contributed by atoms with Gasteiger partial charge in [0, 0.05) is 12.8 Å². The lowest BCUT2D eigenvalue weighted by atomic mass is 9.51. The van der Waals surface area contributed by atoms with Crippen LogP contribution in [0.1, 0.15) is 31.2 Å². The Bertz CT molecular complexity index is 864. The second-order valence-electron chi connectivity index (χ2n) is 7.29. The Morgan fingerprint density at radius 1 is 1.08 bits per heavy atom. The van der Waals surface area contributed by atoms with E-state index in [0.717, 1.165) is 18.4 Å². The number of ether oxygens (including phenoxy) is 2. The minimum absolute atomic E-state index is 0.287. The molecule has 6 heteroatoms. The highest BCUT2D eigenvalue weighted by atomic mass is 16.7. The molecule has 1 N–H and O–H groups in total. The Morgan fingerprint density at radius 2 is 1.81 bits per heavy atom. The summed E-state index contributed by atoms with van der Waals surface area (Å²) in [6.07, 6.45) is 2.40.